The summed E-state index contributed by atoms with van der Waals surface area (Å²) in [5.74, 6) is -0.0553. The molecule has 0 spiro atoms. The molecule has 38 heavy (non-hydrogen) atoms. The second-order valence-corrected chi connectivity index (χ2v) is 10.8. The normalized spacial score (nSPS) is 14.2. The molecule has 6 heteroatoms. The number of carbonyl (C=O) groups is 2. The first kappa shape index (κ1) is 24.3. The minimum absolute atomic E-state index is 0.136. The maximum absolute atomic E-state index is 13.2. The lowest BCUT2D eigenvalue weighted by molar-refractivity contribution is -0.135. The van der Waals surface area contributed by atoms with E-state index in [0.29, 0.717) is 24.6 Å². The molecule has 0 atom stereocenters. The van der Waals surface area contributed by atoms with Crippen LogP contribution in [0.2, 0.25) is 0 Å². The molecule has 5 aromatic rings. The van der Waals surface area contributed by atoms with Gasteiger partial charge in [-0.2, -0.15) is 0 Å². The second-order valence-electron chi connectivity index (χ2n) is 9.79. The first-order valence-corrected chi connectivity index (χ1v) is 13.8. The van der Waals surface area contributed by atoms with Gasteiger partial charge in [0.15, 0.2) is 6.61 Å². The molecule has 1 aromatic heterocycles. The summed E-state index contributed by atoms with van der Waals surface area (Å²) in [5.41, 5.74) is 3.61. The summed E-state index contributed by atoms with van der Waals surface area (Å²) in [5, 5.41) is 2.59. The van der Waals surface area contributed by atoms with Crippen LogP contribution in [0, 0.1) is 5.92 Å². The van der Waals surface area contributed by atoms with Crippen LogP contribution >= 0.6 is 11.3 Å². The lowest BCUT2D eigenvalue weighted by atomic mass is 9.90. The Morgan fingerprint density at radius 3 is 2.39 bits per heavy atom. The molecule has 6 rings (SSSR count). The number of hydrogen-bond acceptors (Lipinski definition) is 5. The molecule has 0 N–H and O–H groups in total. The topological polar surface area (TPSA) is 59.5 Å². The van der Waals surface area contributed by atoms with Crippen LogP contribution in [0.15, 0.2) is 91.0 Å². The van der Waals surface area contributed by atoms with E-state index in [2.05, 4.69) is 24.3 Å². The number of likely N-dealkylation sites (tertiary alicyclic amines) is 1. The van der Waals surface area contributed by atoms with Crippen molar-refractivity contribution in [1.29, 1.82) is 0 Å². The van der Waals surface area contributed by atoms with Crippen LogP contribution in [-0.2, 0) is 16.0 Å². The highest BCUT2D eigenvalue weighted by atomic mass is 32.1. The lowest BCUT2D eigenvalue weighted by Gasteiger charge is -2.32. The first-order valence-electron chi connectivity index (χ1n) is 13.0. The summed E-state index contributed by atoms with van der Waals surface area (Å²) in [4.78, 5) is 32.8. The van der Waals surface area contributed by atoms with Crippen molar-refractivity contribution in [2.45, 2.75) is 19.3 Å². The molecule has 0 saturated carbocycles. The summed E-state index contributed by atoms with van der Waals surface area (Å²) < 4.78 is 6.67. The van der Waals surface area contributed by atoms with Crippen LogP contribution in [0.25, 0.3) is 31.6 Å². The van der Waals surface area contributed by atoms with E-state index in [1.54, 1.807) is 17.4 Å². The highest BCUT2D eigenvalue weighted by molar-refractivity contribution is 7.21. The van der Waals surface area contributed by atoms with Gasteiger partial charge in [0.2, 0.25) is 0 Å². The molecule has 4 aromatic carbocycles. The predicted octanol–water partition coefficient (Wildman–Crippen LogP) is 6.75. The van der Waals surface area contributed by atoms with Gasteiger partial charge >= 0.3 is 5.97 Å². The zero-order valence-electron chi connectivity index (χ0n) is 21.0. The molecule has 5 nitrogen and oxygen atoms in total. The first-order chi connectivity index (χ1) is 18.7. The Bertz CT molecular complexity index is 1570. The third-order valence-electron chi connectivity index (χ3n) is 7.31. The number of rotatable bonds is 6. The van der Waals surface area contributed by atoms with Gasteiger partial charge in [0.1, 0.15) is 5.01 Å². The minimum atomic E-state index is -0.489. The van der Waals surface area contributed by atoms with Crippen LogP contribution in [0.1, 0.15) is 28.8 Å². The van der Waals surface area contributed by atoms with E-state index < -0.39 is 5.97 Å². The molecule has 2 heterocycles. The maximum Gasteiger partial charge on any atom is 0.339 e. The smallest absolute Gasteiger partial charge is 0.339 e. The highest BCUT2D eigenvalue weighted by Crippen LogP contribution is 2.36. The molecular formula is C32H28N2O3S. The summed E-state index contributed by atoms with van der Waals surface area (Å²) in [7, 11) is 0. The predicted molar refractivity (Wildman–Crippen MR) is 152 cm³/mol. The van der Waals surface area contributed by atoms with Crippen LogP contribution in [-0.4, -0.2) is 41.5 Å². The van der Waals surface area contributed by atoms with E-state index in [4.69, 9.17) is 9.72 Å². The van der Waals surface area contributed by atoms with Crippen LogP contribution < -0.4 is 0 Å². The number of amides is 1. The summed E-state index contributed by atoms with van der Waals surface area (Å²) >= 11 is 1.60. The SMILES string of the molecule is O=C(OCC(=O)N1CCC(Cc2ccccc2)CC1)c1cccc2cccc(-c3nc4ccccc4s3)c12. The van der Waals surface area contributed by atoms with Crippen LogP contribution in [0.4, 0.5) is 0 Å². The molecule has 0 unspecified atom stereocenters. The fourth-order valence-electron chi connectivity index (χ4n) is 5.31. The summed E-state index contributed by atoms with van der Waals surface area (Å²) in [6, 6.07) is 30.0. The Labute approximate surface area is 225 Å². The number of hydrogen-bond donors (Lipinski definition) is 0. The minimum Gasteiger partial charge on any atom is -0.452 e. The fourth-order valence-corrected chi connectivity index (χ4v) is 6.30. The molecule has 190 valence electrons. The number of carbonyl (C=O) groups excluding carboxylic acids is 2. The van der Waals surface area contributed by atoms with Gasteiger partial charge in [-0.15, -0.1) is 11.3 Å². The number of piperidine rings is 1. The van der Waals surface area contributed by atoms with Crippen molar-refractivity contribution in [2.75, 3.05) is 19.7 Å². The molecule has 1 aliphatic rings. The average molecular weight is 521 g/mol. The van der Waals surface area contributed by atoms with Crippen molar-refractivity contribution in [3.8, 4) is 10.6 Å². The van der Waals surface area contributed by atoms with Crippen molar-refractivity contribution < 1.29 is 14.3 Å². The largest absolute Gasteiger partial charge is 0.452 e. The Morgan fingerprint density at radius 2 is 1.61 bits per heavy atom. The van der Waals surface area contributed by atoms with Crippen molar-refractivity contribution in [3.05, 3.63) is 102 Å². The zero-order valence-corrected chi connectivity index (χ0v) is 21.8. The van der Waals surface area contributed by atoms with Gasteiger partial charge in [-0.1, -0.05) is 72.8 Å². The van der Waals surface area contributed by atoms with Crippen LogP contribution in [0.3, 0.4) is 0 Å². The molecule has 1 fully saturated rings. The quantitative estimate of drug-likeness (QED) is 0.232. The van der Waals surface area contributed by atoms with E-state index in [1.165, 1.54) is 5.56 Å². The van der Waals surface area contributed by atoms with Crippen molar-refractivity contribution >= 4 is 44.2 Å². The Morgan fingerprint density at radius 1 is 0.868 bits per heavy atom. The number of benzene rings is 4. The number of fused-ring (bicyclic) bond motifs is 2. The Balaban J connectivity index is 1.14. The van der Waals surface area contributed by atoms with Gasteiger partial charge in [-0.05, 0) is 54.3 Å². The third-order valence-corrected chi connectivity index (χ3v) is 8.38. The summed E-state index contributed by atoms with van der Waals surface area (Å²) in [6.07, 6.45) is 2.96. The number of thiazole rings is 1. The average Bonchev–Trinajstić information content (AvgIpc) is 3.40. The monoisotopic (exact) mass is 520 g/mol. The number of aromatic nitrogens is 1. The standard InChI is InChI=1S/C32H28N2O3S/c35-29(34-18-16-23(17-19-34)20-22-8-2-1-3-9-22)21-37-32(36)26-13-7-11-24-10-6-12-25(30(24)26)31-33-27-14-4-5-15-28(27)38-31/h1-15,23H,16-21H2. The van der Waals surface area contributed by atoms with E-state index in [1.807, 2.05) is 65.6 Å². The Kier molecular flexibility index (Phi) is 6.88. The van der Waals surface area contributed by atoms with E-state index in [-0.39, 0.29) is 12.5 Å². The van der Waals surface area contributed by atoms with E-state index >= 15 is 0 Å². The van der Waals surface area contributed by atoms with E-state index in [9.17, 15) is 9.59 Å². The Hall–Kier alpha value is -4.03. The fraction of sp³-hybridized carbons (Fsp3) is 0.219. The molecule has 0 aliphatic carbocycles. The number of para-hydroxylation sites is 1. The number of ether oxygens (including phenoxy) is 1. The maximum atomic E-state index is 13.2. The van der Waals surface area contributed by atoms with Gasteiger partial charge in [0, 0.05) is 24.0 Å². The second kappa shape index (κ2) is 10.8. The van der Waals surface area contributed by atoms with Gasteiger partial charge in [-0.3, -0.25) is 4.79 Å². The van der Waals surface area contributed by atoms with Gasteiger partial charge in [0.05, 0.1) is 15.8 Å². The van der Waals surface area contributed by atoms with Crippen molar-refractivity contribution in [3.63, 3.8) is 0 Å². The molecule has 1 aliphatic heterocycles. The zero-order chi connectivity index (χ0) is 25.9. The van der Waals surface area contributed by atoms with Gasteiger partial charge in [-0.25, -0.2) is 9.78 Å². The highest BCUT2D eigenvalue weighted by Gasteiger charge is 2.24. The number of esters is 1. The van der Waals surface area contributed by atoms with Gasteiger partial charge < -0.3 is 9.64 Å². The molecule has 1 amide bonds. The molecule has 0 bridgehead atoms. The van der Waals surface area contributed by atoms with E-state index in [0.717, 1.165) is 50.8 Å². The van der Waals surface area contributed by atoms with Crippen LogP contribution in [0.5, 0.6) is 0 Å². The molecule has 0 radical (unpaired) electrons. The third kappa shape index (κ3) is 5.04. The lowest BCUT2D eigenvalue weighted by Crippen LogP contribution is -2.41. The van der Waals surface area contributed by atoms with Crippen molar-refractivity contribution in [2.24, 2.45) is 5.92 Å². The van der Waals surface area contributed by atoms with Gasteiger partial charge in [0.25, 0.3) is 5.91 Å². The molecule has 1 saturated heterocycles. The molecular weight excluding hydrogens is 492 g/mol. The van der Waals surface area contributed by atoms with Crippen molar-refractivity contribution in [1.82, 2.24) is 9.88 Å². The summed E-state index contributed by atoms with van der Waals surface area (Å²) in [6.45, 7) is 1.15. The number of nitrogens with zero attached hydrogens (tertiary/aromatic N) is 2.